The zero-order valence-corrected chi connectivity index (χ0v) is 37.6. The van der Waals surface area contributed by atoms with E-state index in [9.17, 15) is 15.2 Å². The van der Waals surface area contributed by atoms with E-state index >= 15 is 0 Å². The summed E-state index contributed by atoms with van der Waals surface area (Å²) in [6.45, 7) is 27.0. The molecule has 11 atom stereocenters. The van der Waals surface area contributed by atoms with Crippen LogP contribution in [-0.2, 0) is 4.79 Å². The number of nitrogens with one attached hydrogen (secondary N) is 1. The summed E-state index contributed by atoms with van der Waals surface area (Å²) in [4.78, 5) is 19.9. The van der Waals surface area contributed by atoms with Gasteiger partial charge in [0.15, 0.2) is 0 Å². The van der Waals surface area contributed by atoms with Crippen LogP contribution in [0.3, 0.4) is 0 Å². The molecule has 0 spiro atoms. The first-order valence-corrected chi connectivity index (χ1v) is 24.1. The van der Waals surface area contributed by atoms with Crippen LogP contribution in [0.2, 0.25) is 0 Å². The van der Waals surface area contributed by atoms with Crippen molar-refractivity contribution in [3.8, 4) is 11.9 Å². The highest BCUT2D eigenvalue weighted by Gasteiger charge is 2.70. The molecule has 8 rings (SSSR count). The topological polar surface area (TPSA) is 98.5 Å². The lowest BCUT2D eigenvalue weighted by atomic mass is 9.33. The predicted molar refractivity (Wildman–Crippen MR) is 235 cm³/mol. The number of nitriles is 1. The number of carbonyl (C=O) groups is 1. The van der Waals surface area contributed by atoms with Crippen LogP contribution in [-0.4, -0.2) is 70.8 Å². The highest BCUT2D eigenvalue weighted by molar-refractivity contribution is 7.99. The summed E-state index contributed by atoms with van der Waals surface area (Å²) in [5, 5.41) is 24.3. The summed E-state index contributed by atoms with van der Waals surface area (Å²) in [7, 11) is 0. The molecule has 0 aromatic carbocycles. The van der Waals surface area contributed by atoms with E-state index in [4.69, 9.17) is 4.74 Å². The van der Waals surface area contributed by atoms with Crippen LogP contribution in [0, 0.1) is 73.9 Å². The normalized spacial score (nSPS) is 42.0. The fraction of sp³-hybridized carbons (Fsp3) is 0.740. The standard InChI is InChI=1S/C50H72N4O3S/c1-33(2)37-15-21-50(52-24-25-54-26-28-58-29-27-54)23-22-47(7)39(43(37)50)12-13-41-46(6)18-16-38(45(4,5)40(46)17-19-48(41,47)8)35-14-20-49(44(55)56,34(3)30-35)32-57-42-11-9-10-36(31-51)53-42/h9-11,16,30,34,37,39-41,43,52H,1,12-15,17-29,32H2,2-8H3,(H,55,56)/t34?,37-,39+,40-,41+,43+,46-,47+,48+,49?,50-/m0/s1. The van der Waals surface area contributed by atoms with Gasteiger partial charge in [-0.1, -0.05) is 71.9 Å². The first-order chi connectivity index (χ1) is 27.5. The number of aliphatic carboxylic acids is 1. The SMILES string of the molecule is C=C(C)[C@@H]1CC[C@]2(NCCN3CCSCC3)CC[C@]3(C)[C@H](CC[C@@H]4[C@@]5(C)CC=C(C6=CC(C)C(COc7cccc(C#N)n7)(C(=O)O)CC6)C(C)(C)[C@@H]5CC[C@]43C)[C@@H]12. The van der Waals surface area contributed by atoms with E-state index in [1.807, 2.05) is 13.0 Å². The number of allylic oxidation sites excluding steroid dienone is 5. The summed E-state index contributed by atoms with van der Waals surface area (Å²) >= 11 is 2.11. The number of pyridine rings is 1. The maximum atomic E-state index is 13.0. The Morgan fingerprint density at radius 2 is 1.81 bits per heavy atom. The van der Waals surface area contributed by atoms with Crippen molar-refractivity contribution in [1.29, 1.82) is 5.26 Å². The van der Waals surface area contributed by atoms with Crippen LogP contribution in [0.25, 0.3) is 0 Å². The monoisotopic (exact) mass is 809 g/mol. The molecule has 58 heavy (non-hydrogen) atoms. The Bertz CT molecular complexity index is 1880. The third kappa shape index (κ3) is 6.57. The van der Waals surface area contributed by atoms with Crippen molar-refractivity contribution < 1.29 is 14.6 Å². The fourth-order valence-electron chi connectivity index (χ4n) is 15.6. The van der Waals surface area contributed by atoms with E-state index in [2.05, 4.69) is 87.2 Å². The Labute approximate surface area is 354 Å². The lowest BCUT2D eigenvalue weighted by molar-refractivity contribution is -0.221. The minimum Gasteiger partial charge on any atom is -0.481 e. The average Bonchev–Trinajstić information content (AvgIpc) is 3.58. The molecule has 0 bridgehead atoms. The Morgan fingerprint density at radius 3 is 2.52 bits per heavy atom. The largest absolute Gasteiger partial charge is 0.481 e. The van der Waals surface area contributed by atoms with Gasteiger partial charge in [0.05, 0.1) is 0 Å². The first kappa shape index (κ1) is 42.1. The molecule has 1 saturated heterocycles. The summed E-state index contributed by atoms with van der Waals surface area (Å²) in [5.41, 5.74) is 4.51. The molecule has 1 aromatic heterocycles. The quantitative estimate of drug-likeness (QED) is 0.226. The molecule has 2 N–H and O–H groups in total. The van der Waals surface area contributed by atoms with Gasteiger partial charge in [-0.2, -0.15) is 17.0 Å². The van der Waals surface area contributed by atoms with Gasteiger partial charge >= 0.3 is 5.97 Å². The number of fused-ring (bicyclic) bond motifs is 7. The number of ether oxygens (including phenoxy) is 1. The van der Waals surface area contributed by atoms with Gasteiger partial charge < -0.3 is 20.1 Å². The molecule has 7 aliphatic rings. The number of carboxylic acid groups (broad SMARTS) is 1. The van der Waals surface area contributed by atoms with Crippen LogP contribution in [0.5, 0.6) is 5.88 Å². The van der Waals surface area contributed by atoms with Crippen LogP contribution in [0.1, 0.15) is 125 Å². The Morgan fingerprint density at radius 1 is 1.03 bits per heavy atom. The molecule has 0 amide bonds. The van der Waals surface area contributed by atoms with Crippen molar-refractivity contribution in [3.63, 3.8) is 0 Å². The van der Waals surface area contributed by atoms with Gasteiger partial charge in [-0.15, -0.1) is 0 Å². The smallest absolute Gasteiger partial charge is 0.313 e. The molecule has 1 aromatic rings. The van der Waals surface area contributed by atoms with Gasteiger partial charge in [-0.3, -0.25) is 4.79 Å². The Balaban J connectivity index is 1.03. The van der Waals surface area contributed by atoms with Crippen LogP contribution in [0.4, 0.5) is 0 Å². The third-order valence-electron chi connectivity index (χ3n) is 18.9. The number of thioether (sulfide) groups is 1. The zero-order chi connectivity index (χ0) is 41.3. The highest BCUT2D eigenvalue weighted by Crippen LogP contribution is 2.76. The molecule has 316 valence electrons. The van der Waals surface area contributed by atoms with Crippen molar-refractivity contribution in [1.82, 2.24) is 15.2 Å². The molecule has 5 fully saturated rings. The number of hydrogen-bond acceptors (Lipinski definition) is 7. The highest BCUT2D eigenvalue weighted by atomic mass is 32.2. The lowest BCUT2D eigenvalue weighted by Crippen LogP contribution is -2.68. The van der Waals surface area contributed by atoms with E-state index in [-0.39, 0.29) is 34.6 Å². The van der Waals surface area contributed by atoms with Gasteiger partial charge in [0.1, 0.15) is 23.8 Å². The minimum absolute atomic E-state index is 0.00576. The van der Waals surface area contributed by atoms with Gasteiger partial charge in [-0.25, -0.2) is 4.98 Å². The number of nitrogens with zero attached hydrogens (tertiary/aromatic N) is 3. The van der Waals surface area contributed by atoms with Gasteiger partial charge in [0.2, 0.25) is 5.88 Å². The molecular formula is C50H72N4O3S. The van der Waals surface area contributed by atoms with Crippen LogP contribution < -0.4 is 10.1 Å². The molecule has 1 aliphatic heterocycles. The van der Waals surface area contributed by atoms with E-state index in [1.165, 1.54) is 99.2 Å². The Hall–Kier alpha value is -2.60. The van der Waals surface area contributed by atoms with Crippen molar-refractivity contribution >= 4 is 17.7 Å². The van der Waals surface area contributed by atoms with Crippen molar-refractivity contribution in [2.75, 3.05) is 44.3 Å². The van der Waals surface area contributed by atoms with E-state index in [0.717, 1.165) is 25.3 Å². The van der Waals surface area contributed by atoms with Gasteiger partial charge in [-0.05, 0) is 152 Å². The summed E-state index contributed by atoms with van der Waals surface area (Å²) in [6.07, 6.45) is 17.7. The second-order valence-electron chi connectivity index (χ2n) is 21.5. The Kier molecular flexibility index (Phi) is 11.2. The molecule has 7 nitrogen and oxygen atoms in total. The van der Waals surface area contributed by atoms with Crippen LogP contribution >= 0.6 is 11.8 Å². The maximum absolute atomic E-state index is 13.0. The number of rotatable bonds is 10. The number of hydrogen-bond donors (Lipinski definition) is 2. The summed E-state index contributed by atoms with van der Waals surface area (Å²) in [6, 6.07) is 7.10. The second kappa shape index (κ2) is 15.4. The molecule has 2 unspecified atom stereocenters. The molecule has 4 saturated carbocycles. The van der Waals surface area contributed by atoms with Crippen LogP contribution in [0.15, 0.2) is 53.6 Å². The summed E-state index contributed by atoms with van der Waals surface area (Å²) < 4.78 is 6.02. The predicted octanol–water partition coefficient (Wildman–Crippen LogP) is 10.3. The van der Waals surface area contributed by atoms with Crippen molar-refractivity contribution in [2.24, 2.45) is 62.6 Å². The molecular weight excluding hydrogens is 737 g/mol. The van der Waals surface area contributed by atoms with E-state index in [1.54, 1.807) is 18.2 Å². The molecule has 6 aliphatic carbocycles. The average molecular weight is 809 g/mol. The lowest BCUT2D eigenvalue weighted by Gasteiger charge is -2.72. The third-order valence-corrected chi connectivity index (χ3v) is 19.8. The van der Waals surface area contributed by atoms with E-state index < -0.39 is 11.4 Å². The molecule has 8 heteroatoms. The van der Waals surface area contributed by atoms with E-state index in [0.29, 0.717) is 46.8 Å². The van der Waals surface area contributed by atoms with Gasteiger partial charge in [0.25, 0.3) is 0 Å². The number of aromatic nitrogens is 1. The zero-order valence-electron chi connectivity index (χ0n) is 36.8. The van der Waals surface area contributed by atoms with Gasteiger partial charge in [0, 0.05) is 49.3 Å². The first-order valence-electron chi connectivity index (χ1n) is 22.9. The minimum atomic E-state index is -1.05. The maximum Gasteiger partial charge on any atom is 0.313 e. The molecule has 2 heterocycles. The molecule has 0 radical (unpaired) electrons. The summed E-state index contributed by atoms with van der Waals surface area (Å²) in [5.74, 6) is 5.12. The van der Waals surface area contributed by atoms with Crippen molar-refractivity contribution in [2.45, 2.75) is 125 Å². The van der Waals surface area contributed by atoms with Crippen molar-refractivity contribution in [3.05, 3.63) is 59.3 Å². The second-order valence-corrected chi connectivity index (χ2v) is 22.7. The fourth-order valence-corrected chi connectivity index (χ4v) is 16.6. The number of carboxylic acids is 1.